The summed E-state index contributed by atoms with van der Waals surface area (Å²) >= 11 is 0. The Morgan fingerprint density at radius 1 is 1.42 bits per heavy atom. The van der Waals surface area contributed by atoms with Crippen molar-refractivity contribution in [2.75, 3.05) is 12.3 Å². The highest BCUT2D eigenvalue weighted by molar-refractivity contribution is 5.30. The van der Waals surface area contributed by atoms with Crippen LogP contribution in [0, 0.1) is 0 Å². The van der Waals surface area contributed by atoms with Crippen LogP contribution in [-0.4, -0.2) is 16.6 Å². The number of anilines is 1. The molecule has 0 aliphatic carbocycles. The van der Waals surface area contributed by atoms with Crippen LogP contribution in [0.25, 0.3) is 0 Å². The third-order valence-electron chi connectivity index (χ3n) is 1.91. The Morgan fingerprint density at radius 3 is 2.75 bits per heavy atom. The number of ether oxygens (including phenoxy) is 1. The summed E-state index contributed by atoms with van der Waals surface area (Å²) in [5.74, 6) is 0.752. The number of hydrogen-bond acceptors (Lipinski definition) is 4. The van der Waals surface area contributed by atoms with Gasteiger partial charge in [-0.3, -0.25) is 0 Å². The van der Waals surface area contributed by atoms with E-state index in [0.717, 1.165) is 25.3 Å². The zero-order valence-corrected chi connectivity index (χ0v) is 6.73. The molecule has 0 aromatic carbocycles. The molecule has 1 fully saturated rings. The molecule has 4 nitrogen and oxygen atoms in total. The van der Waals surface area contributed by atoms with E-state index in [0.29, 0.717) is 5.69 Å². The van der Waals surface area contributed by atoms with Gasteiger partial charge in [-0.2, -0.15) is 0 Å². The molecule has 2 N–H and O–H groups in total. The fourth-order valence-electron chi connectivity index (χ4n) is 1.30. The number of nitrogens with two attached hydrogens (primary N) is 1. The molecule has 1 aromatic heterocycles. The summed E-state index contributed by atoms with van der Waals surface area (Å²) < 4.78 is 5.41. The Kier molecular flexibility index (Phi) is 1.91. The fourth-order valence-corrected chi connectivity index (χ4v) is 1.30. The van der Waals surface area contributed by atoms with E-state index in [1.165, 1.54) is 0 Å². The molecule has 64 valence electrons. The van der Waals surface area contributed by atoms with Gasteiger partial charge in [-0.05, 0) is 12.8 Å². The molecule has 0 bridgehead atoms. The van der Waals surface area contributed by atoms with Crippen molar-refractivity contribution >= 4 is 5.69 Å². The molecular weight excluding hydrogens is 154 g/mol. The lowest BCUT2D eigenvalue weighted by atomic mass is 10.2. The van der Waals surface area contributed by atoms with Gasteiger partial charge in [0.05, 0.1) is 18.1 Å². The first-order valence-corrected chi connectivity index (χ1v) is 4.05. The third-order valence-corrected chi connectivity index (χ3v) is 1.91. The first-order chi connectivity index (χ1) is 5.86. The maximum absolute atomic E-state index is 5.46. The number of rotatable bonds is 1. The average molecular weight is 165 g/mol. The smallest absolute Gasteiger partial charge is 0.157 e. The highest BCUT2D eigenvalue weighted by Gasteiger charge is 2.19. The van der Waals surface area contributed by atoms with E-state index in [1.54, 1.807) is 12.4 Å². The molecule has 1 aliphatic heterocycles. The minimum absolute atomic E-state index is 0.0885. The molecule has 0 amide bonds. The molecule has 1 aliphatic rings. The monoisotopic (exact) mass is 165 g/mol. The Labute approximate surface area is 70.8 Å². The van der Waals surface area contributed by atoms with Gasteiger partial charge in [-0.15, -0.1) is 0 Å². The standard InChI is InChI=1S/C8H11N3O/c9-6-4-10-8(11-5-6)7-2-1-3-12-7/h4-5,7H,1-3,9H2. The molecule has 4 heteroatoms. The second kappa shape index (κ2) is 3.06. The van der Waals surface area contributed by atoms with Crippen LogP contribution in [0.2, 0.25) is 0 Å². The molecule has 1 atom stereocenters. The van der Waals surface area contributed by atoms with Crippen molar-refractivity contribution in [2.24, 2.45) is 0 Å². The van der Waals surface area contributed by atoms with E-state index in [-0.39, 0.29) is 6.10 Å². The molecule has 1 aromatic rings. The highest BCUT2D eigenvalue weighted by atomic mass is 16.5. The van der Waals surface area contributed by atoms with Crippen LogP contribution in [0.15, 0.2) is 12.4 Å². The van der Waals surface area contributed by atoms with Gasteiger partial charge in [0, 0.05) is 6.61 Å². The lowest BCUT2D eigenvalue weighted by molar-refractivity contribution is 0.105. The molecule has 2 heterocycles. The Morgan fingerprint density at radius 2 is 2.17 bits per heavy atom. The van der Waals surface area contributed by atoms with Gasteiger partial charge in [0.1, 0.15) is 6.10 Å². The Balaban J connectivity index is 2.17. The Hall–Kier alpha value is -1.16. The number of nitrogens with zero attached hydrogens (tertiary/aromatic N) is 2. The van der Waals surface area contributed by atoms with Crippen LogP contribution in [0.5, 0.6) is 0 Å². The zero-order chi connectivity index (χ0) is 8.39. The zero-order valence-electron chi connectivity index (χ0n) is 6.73. The van der Waals surface area contributed by atoms with E-state index in [9.17, 15) is 0 Å². The minimum atomic E-state index is 0.0885. The van der Waals surface area contributed by atoms with E-state index < -0.39 is 0 Å². The van der Waals surface area contributed by atoms with Crippen LogP contribution >= 0.6 is 0 Å². The molecule has 2 rings (SSSR count). The van der Waals surface area contributed by atoms with E-state index in [2.05, 4.69) is 9.97 Å². The van der Waals surface area contributed by atoms with Gasteiger partial charge in [0.25, 0.3) is 0 Å². The van der Waals surface area contributed by atoms with Gasteiger partial charge in [-0.1, -0.05) is 0 Å². The molecule has 0 saturated carbocycles. The summed E-state index contributed by atoms with van der Waals surface area (Å²) in [6.07, 6.45) is 5.43. The van der Waals surface area contributed by atoms with Crippen LogP contribution in [0.4, 0.5) is 5.69 Å². The van der Waals surface area contributed by atoms with E-state index in [4.69, 9.17) is 10.5 Å². The predicted octanol–water partition coefficient (Wildman–Crippen LogP) is 0.910. The summed E-state index contributed by atoms with van der Waals surface area (Å²) in [5.41, 5.74) is 6.05. The lowest BCUT2D eigenvalue weighted by Crippen LogP contribution is -2.02. The molecule has 12 heavy (non-hydrogen) atoms. The molecule has 0 spiro atoms. The van der Waals surface area contributed by atoms with Crippen LogP contribution in [0.3, 0.4) is 0 Å². The molecule has 0 radical (unpaired) electrons. The normalized spacial score (nSPS) is 22.8. The van der Waals surface area contributed by atoms with Gasteiger partial charge in [0.15, 0.2) is 5.82 Å². The van der Waals surface area contributed by atoms with Crippen molar-refractivity contribution < 1.29 is 4.74 Å². The minimum Gasteiger partial charge on any atom is -0.396 e. The lowest BCUT2D eigenvalue weighted by Gasteiger charge is -2.06. The van der Waals surface area contributed by atoms with Crippen LogP contribution in [0.1, 0.15) is 24.8 Å². The molecule has 1 saturated heterocycles. The maximum atomic E-state index is 5.46. The first kappa shape index (κ1) is 7.49. The largest absolute Gasteiger partial charge is 0.396 e. The molecular formula is C8H11N3O. The topological polar surface area (TPSA) is 61.0 Å². The van der Waals surface area contributed by atoms with Crippen molar-refractivity contribution in [2.45, 2.75) is 18.9 Å². The van der Waals surface area contributed by atoms with Gasteiger partial charge in [-0.25, -0.2) is 9.97 Å². The summed E-state index contributed by atoms with van der Waals surface area (Å²) in [4.78, 5) is 8.20. The van der Waals surface area contributed by atoms with Crippen molar-refractivity contribution in [3.8, 4) is 0 Å². The highest BCUT2D eigenvalue weighted by Crippen LogP contribution is 2.25. The summed E-state index contributed by atoms with van der Waals surface area (Å²) in [5, 5.41) is 0. The fraction of sp³-hybridized carbons (Fsp3) is 0.500. The average Bonchev–Trinajstić information content (AvgIpc) is 2.58. The van der Waals surface area contributed by atoms with Gasteiger partial charge in [0.2, 0.25) is 0 Å². The van der Waals surface area contributed by atoms with E-state index in [1.807, 2.05) is 0 Å². The second-order valence-corrected chi connectivity index (χ2v) is 2.88. The van der Waals surface area contributed by atoms with E-state index >= 15 is 0 Å². The Bertz CT molecular complexity index is 254. The van der Waals surface area contributed by atoms with Crippen molar-refractivity contribution in [3.63, 3.8) is 0 Å². The third kappa shape index (κ3) is 1.38. The number of hydrogen-bond donors (Lipinski definition) is 1. The van der Waals surface area contributed by atoms with Crippen molar-refractivity contribution in [3.05, 3.63) is 18.2 Å². The second-order valence-electron chi connectivity index (χ2n) is 2.88. The summed E-state index contributed by atoms with van der Waals surface area (Å²) in [6.45, 7) is 0.818. The van der Waals surface area contributed by atoms with Crippen molar-refractivity contribution in [1.82, 2.24) is 9.97 Å². The maximum Gasteiger partial charge on any atom is 0.157 e. The summed E-state index contributed by atoms with van der Waals surface area (Å²) in [6, 6.07) is 0. The van der Waals surface area contributed by atoms with Crippen molar-refractivity contribution in [1.29, 1.82) is 0 Å². The summed E-state index contributed by atoms with van der Waals surface area (Å²) in [7, 11) is 0. The number of aromatic nitrogens is 2. The quantitative estimate of drug-likeness (QED) is 0.671. The van der Waals surface area contributed by atoms with Crippen LogP contribution < -0.4 is 5.73 Å². The van der Waals surface area contributed by atoms with Crippen LogP contribution in [-0.2, 0) is 4.74 Å². The number of nitrogen functional groups attached to an aromatic ring is 1. The van der Waals surface area contributed by atoms with Gasteiger partial charge < -0.3 is 10.5 Å². The van der Waals surface area contributed by atoms with Gasteiger partial charge >= 0.3 is 0 Å². The SMILES string of the molecule is Nc1cnc(C2CCCO2)nc1. The predicted molar refractivity (Wildman–Crippen MR) is 44.4 cm³/mol. The first-order valence-electron chi connectivity index (χ1n) is 4.05. The molecule has 1 unspecified atom stereocenters.